The third-order valence-corrected chi connectivity index (χ3v) is 6.24. The van der Waals surface area contributed by atoms with Crippen molar-refractivity contribution in [2.75, 3.05) is 26.2 Å². The molecule has 2 aromatic rings. The Morgan fingerprint density at radius 2 is 2.25 bits per heavy atom. The van der Waals surface area contributed by atoms with E-state index >= 15 is 0 Å². The lowest BCUT2D eigenvalue weighted by Gasteiger charge is -2.40. The summed E-state index contributed by atoms with van der Waals surface area (Å²) in [6, 6.07) is 3.86. The number of carbonyl (C=O) groups excluding carboxylic acids is 1. The second-order valence-electron chi connectivity index (χ2n) is 7.22. The molecule has 0 saturated carbocycles. The molecule has 1 spiro atoms. The molecule has 24 heavy (non-hydrogen) atoms. The van der Waals surface area contributed by atoms with E-state index in [1.165, 1.54) is 17.8 Å². The first-order valence-corrected chi connectivity index (χ1v) is 9.55. The number of nitrogens with zero attached hydrogens (tertiary/aromatic N) is 4. The smallest absolute Gasteiger partial charge is 0.270 e. The van der Waals surface area contributed by atoms with Crippen LogP contribution in [-0.4, -0.2) is 51.4 Å². The maximum atomic E-state index is 12.8. The molecule has 4 rings (SSSR count). The van der Waals surface area contributed by atoms with Gasteiger partial charge in [0.15, 0.2) is 0 Å². The minimum absolute atomic E-state index is 0.177. The zero-order valence-corrected chi connectivity index (χ0v) is 15.0. The summed E-state index contributed by atoms with van der Waals surface area (Å²) in [6.07, 6.45) is 7.40. The van der Waals surface area contributed by atoms with Crippen LogP contribution in [0.1, 0.15) is 34.8 Å². The third-order valence-electron chi connectivity index (χ3n) is 5.47. The van der Waals surface area contributed by atoms with Gasteiger partial charge in [0.05, 0.1) is 6.54 Å². The number of piperidine rings is 1. The summed E-state index contributed by atoms with van der Waals surface area (Å²) < 4.78 is 1.92. The molecule has 4 heterocycles. The second-order valence-corrected chi connectivity index (χ2v) is 8.20. The van der Waals surface area contributed by atoms with E-state index in [1.54, 1.807) is 11.3 Å². The van der Waals surface area contributed by atoms with Gasteiger partial charge in [-0.25, -0.2) is 4.98 Å². The SMILES string of the molecule is Cn1cccc1C(=O)N1CCC2(CCCN(Cc3nccs3)C2)C1. The first-order chi connectivity index (χ1) is 11.7. The van der Waals surface area contributed by atoms with Crippen LogP contribution in [0.4, 0.5) is 0 Å². The molecule has 1 unspecified atom stereocenters. The zero-order valence-electron chi connectivity index (χ0n) is 14.1. The largest absolute Gasteiger partial charge is 0.347 e. The maximum absolute atomic E-state index is 12.8. The molecule has 1 atom stereocenters. The highest BCUT2D eigenvalue weighted by molar-refractivity contribution is 7.09. The summed E-state index contributed by atoms with van der Waals surface area (Å²) in [5.74, 6) is 0.177. The van der Waals surface area contributed by atoms with Gasteiger partial charge in [-0.3, -0.25) is 9.69 Å². The number of hydrogen-bond acceptors (Lipinski definition) is 4. The van der Waals surface area contributed by atoms with Gasteiger partial charge in [-0.15, -0.1) is 11.3 Å². The average Bonchev–Trinajstić information content (AvgIpc) is 3.29. The summed E-state index contributed by atoms with van der Waals surface area (Å²) in [4.78, 5) is 21.8. The van der Waals surface area contributed by atoms with Crippen LogP contribution in [0, 0.1) is 5.41 Å². The zero-order chi connectivity index (χ0) is 16.6. The van der Waals surface area contributed by atoms with E-state index in [9.17, 15) is 4.79 Å². The highest BCUT2D eigenvalue weighted by Crippen LogP contribution is 2.39. The van der Waals surface area contributed by atoms with Crippen molar-refractivity contribution in [1.29, 1.82) is 0 Å². The van der Waals surface area contributed by atoms with Gasteiger partial charge >= 0.3 is 0 Å². The van der Waals surface area contributed by atoms with Crippen LogP contribution < -0.4 is 0 Å². The molecular formula is C18H24N4OS. The minimum atomic E-state index is 0.177. The monoisotopic (exact) mass is 344 g/mol. The number of carbonyl (C=O) groups is 1. The second kappa shape index (κ2) is 6.33. The molecule has 128 valence electrons. The normalized spacial score (nSPS) is 24.8. The van der Waals surface area contributed by atoms with Crippen LogP contribution >= 0.6 is 11.3 Å². The van der Waals surface area contributed by atoms with Crippen LogP contribution in [0.15, 0.2) is 29.9 Å². The van der Waals surface area contributed by atoms with Gasteiger partial charge in [0, 0.05) is 49.9 Å². The molecule has 0 bridgehead atoms. The molecule has 0 N–H and O–H groups in total. The molecule has 5 nitrogen and oxygen atoms in total. The fraction of sp³-hybridized carbons (Fsp3) is 0.556. The minimum Gasteiger partial charge on any atom is -0.347 e. The van der Waals surface area contributed by atoms with Crippen LogP contribution in [0.3, 0.4) is 0 Å². The lowest BCUT2D eigenvalue weighted by molar-refractivity contribution is 0.0668. The molecule has 0 aromatic carbocycles. The van der Waals surface area contributed by atoms with Crippen molar-refractivity contribution in [2.24, 2.45) is 12.5 Å². The van der Waals surface area contributed by atoms with Crippen molar-refractivity contribution in [2.45, 2.75) is 25.8 Å². The Labute approximate surface area is 146 Å². The van der Waals surface area contributed by atoms with Crippen LogP contribution in [0.25, 0.3) is 0 Å². The van der Waals surface area contributed by atoms with E-state index in [4.69, 9.17) is 0 Å². The van der Waals surface area contributed by atoms with Crippen LogP contribution in [0.5, 0.6) is 0 Å². The fourth-order valence-electron chi connectivity index (χ4n) is 4.25. The molecule has 6 heteroatoms. The van der Waals surface area contributed by atoms with Crippen molar-refractivity contribution in [3.05, 3.63) is 40.6 Å². The number of aromatic nitrogens is 2. The summed E-state index contributed by atoms with van der Waals surface area (Å²) in [7, 11) is 1.94. The van der Waals surface area contributed by atoms with Gasteiger partial charge in [-0.05, 0) is 37.9 Å². The Bertz CT molecular complexity index is 710. The van der Waals surface area contributed by atoms with Gasteiger partial charge < -0.3 is 9.47 Å². The standard InChI is InChI=1S/C18H24N4OS/c1-20-8-2-4-15(20)17(23)22-10-6-18(14-22)5-3-9-21(13-18)12-16-19-7-11-24-16/h2,4,7-8,11H,3,5-6,9-10,12-14H2,1H3. The van der Waals surface area contributed by atoms with Gasteiger partial charge in [-0.1, -0.05) is 0 Å². The van der Waals surface area contributed by atoms with E-state index < -0.39 is 0 Å². The van der Waals surface area contributed by atoms with Crippen molar-refractivity contribution in [3.63, 3.8) is 0 Å². The van der Waals surface area contributed by atoms with E-state index in [0.29, 0.717) is 0 Å². The molecule has 2 fully saturated rings. The highest BCUT2D eigenvalue weighted by atomic mass is 32.1. The molecule has 2 aromatic heterocycles. The van der Waals surface area contributed by atoms with Crippen molar-refractivity contribution < 1.29 is 4.79 Å². The van der Waals surface area contributed by atoms with Crippen LogP contribution in [-0.2, 0) is 13.6 Å². The Kier molecular flexibility index (Phi) is 4.18. The van der Waals surface area contributed by atoms with Gasteiger partial charge in [0.1, 0.15) is 10.7 Å². The molecule has 0 aliphatic carbocycles. The third kappa shape index (κ3) is 3.00. The molecule has 1 amide bonds. The van der Waals surface area contributed by atoms with Crippen LogP contribution in [0.2, 0.25) is 0 Å². The maximum Gasteiger partial charge on any atom is 0.270 e. The van der Waals surface area contributed by atoms with E-state index in [-0.39, 0.29) is 11.3 Å². The first kappa shape index (κ1) is 15.8. The summed E-state index contributed by atoms with van der Waals surface area (Å²) in [5.41, 5.74) is 1.07. The number of hydrogen-bond donors (Lipinski definition) is 0. The Balaban J connectivity index is 1.43. The topological polar surface area (TPSA) is 41.4 Å². The average molecular weight is 344 g/mol. The molecule has 2 aliphatic heterocycles. The number of amides is 1. The highest BCUT2D eigenvalue weighted by Gasteiger charge is 2.43. The summed E-state index contributed by atoms with van der Waals surface area (Å²) in [5, 5.41) is 3.24. The van der Waals surface area contributed by atoms with Crippen molar-refractivity contribution >= 4 is 17.2 Å². The van der Waals surface area contributed by atoms with Gasteiger partial charge in [0.2, 0.25) is 0 Å². The van der Waals surface area contributed by atoms with Crippen molar-refractivity contribution in [3.8, 4) is 0 Å². The number of rotatable bonds is 3. The van der Waals surface area contributed by atoms with Crippen molar-refractivity contribution in [1.82, 2.24) is 19.4 Å². The Morgan fingerprint density at radius 1 is 1.33 bits per heavy atom. The Morgan fingerprint density at radius 3 is 3.00 bits per heavy atom. The fourth-order valence-corrected chi connectivity index (χ4v) is 4.91. The Hall–Kier alpha value is -1.66. The number of thiazole rings is 1. The molecule has 2 saturated heterocycles. The lowest BCUT2D eigenvalue weighted by Crippen LogP contribution is -2.45. The number of aryl methyl sites for hydroxylation is 1. The van der Waals surface area contributed by atoms with Gasteiger partial charge in [0.25, 0.3) is 5.91 Å². The summed E-state index contributed by atoms with van der Waals surface area (Å²) >= 11 is 1.73. The lowest BCUT2D eigenvalue weighted by atomic mass is 9.79. The molecule has 0 radical (unpaired) electrons. The van der Waals surface area contributed by atoms with E-state index in [0.717, 1.165) is 44.8 Å². The van der Waals surface area contributed by atoms with Gasteiger partial charge in [-0.2, -0.15) is 0 Å². The van der Waals surface area contributed by atoms with E-state index in [1.807, 2.05) is 41.5 Å². The predicted molar refractivity (Wildman–Crippen MR) is 95.0 cm³/mol. The molecule has 2 aliphatic rings. The predicted octanol–water partition coefficient (Wildman–Crippen LogP) is 2.61. The summed E-state index contributed by atoms with van der Waals surface area (Å²) in [6.45, 7) is 4.96. The van der Waals surface area contributed by atoms with E-state index in [2.05, 4.69) is 14.8 Å². The molecular weight excluding hydrogens is 320 g/mol. The quantitative estimate of drug-likeness (QED) is 0.859. The first-order valence-electron chi connectivity index (χ1n) is 8.67. The number of likely N-dealkylation sites (tertiary alicyclic amines) is 2.